The Kier molecular flexibility index (Phi) is 13.9. The molecule has 5 N–H and O–H groups in total. The average molecular weight is 816 g/mol. The highest BCUT2D eigenvalue weighted by Gasteiger charge is 2.39. The molecule has 0 spiro atoms. The Hall–Kier alpha value is -6.92. The first-order valence-corrected chi connectivity index (χ1v) is 17.0. The number of carboxylic acids is 2. The summed E-state index contributed by atoms with van der Waals surface area (Å²) in [6, 6.07) is 23.7. The fourth-order valence-corrected chi connectivity index (χ4v) is 5.73. The predicted octanol–water partition coefficient (Wildman–Crippen LogP) is 7.64. The van der Waals surface area contributed by atoms with Crippen molar-refractivity contribution in [3.8, 4) is 11.3 Å². The van der Waals surface area contributed by atoms with Gasteiger partial charge in [-0.05, 0) is 77.0 Å². The molecular formula is C39H35F6N5O8. The molecule has 3 aromatic carbocycles. The number of amides is 2. The molecule has 306 valence electrons. The van der Waals surface area contributed by atoms with Gasteiger partial charge in [-0.1, -0.05) is 43.3 Å². The Morgan fingerprint density at radius 2 is 1.57 bits per heavy atom. The van der Waals surface area contributed by atoms with Crippen LogP contribution in [0.5, 0.6) is 0 Å². The van der Waals surface area contributed by atoms with Gasteiger partial charge >= 0.3 is 30.4 Å². The van der Waals surface area contributed by atoms with Gasteiger partial charge in [0.1, 0.15) is 6.04 Å². The summed E-state index contributed by atoms with van der Waals surface area (Å²) >= 11 is 0. The summed E-state index contributed by atoms with van der Waals surface area (Å²) in [4.78, 5) is 66.3. The molecular weight excluding hydrogens is 780 g/mol. The molecule has 4 bridgehead atoms. The number of carbonyl (C=O) groups excluding carboxylic acids is 2. The monoisotopic (exact) mass is 815 g/mol. The van der Waals surface area contributed by atoms with E-state index in [1.807, 2.05) is 80.6 Å². The van der Waals surface area contributed by atoms with Crippen molar-refractivity contribution in [3.05, 3.63) is 124 Å². The van der Waals surface area contributed by atoms with E-state index in [1.54, 1.807) is 36.5 Å². The van der Waals surface area contributed by atoms with Crippen molar-refractivity contribution < 1.29 is 60.5 Å². The normalized spacial score (nSPS) is 15.8. The number of hydrogen-bond acceptors (Lipinski definition) is 8. The van der Waals surface area contributed by atoms with Crippen molar-refractivity contribution in [1.29, 1.82) is 0 Å². The number of likely N-dealkylation sites (N-methyl/N-ethyl adjacent to an activating group) is 1. The molecule has 13 nitrogen and oxygen atoms in total. The molecule has 5 aromatic rings. The quantitative estimate of drug-likeness (QED) is 0.113. The maximum atomic E-state index is 14.3. The minimum absolute atomic E-state index is 0.0678. The number of alkyl halides is 6. The summed E-state index contributed by atoms with van der Waals surface area (Å²) in [6.45, 7) is 4.43. The fourth-order valence-electron chi connectivity index (χ4n) is 5.73. The molecule has 2 aromatic heterocycles. The lowest BCUT2D eigenvalue weighted by molar-refractivity contribution is -0.193. The standard InChI is InChI=1S/C35H33N5O4.2C2HF3O2/c1-21-16-24-8-11-28(21)22(2)20-44-35(43)39-26-10-12-29(31-6-4-5-14-36-31)25(17-26)19-40(3)34(42)32(24)38-27-9-7-23-13-15-37-33(41)30(23)18-27;2*3-2(4,5)1(6)7/h4-18,22,32,38H,19-20H2,1-3H3,(H,37,41)(H,39,43);2*(H,6,7)/t22-,32+;;/m0../s1. The van der Waals surface area contributed by atoms with Gasteiger partial charge in [0.25, 0.3) is 5.56 Å². The van der Waals surface area contributed by atoms with E-state index in [2.05, 4.69) is 20.6 Å². The molecule has 0 saturated heterocycles. The second-order valence-corrected chi connectivity index (χ2v) is 12.8. The molecule has 0 aliphatic carbocycles. The number of nitrogens with one attached hydrogen (secondary N) is 3. The molecule has 7 rings (SSSR count). The van der Waals surface area contributed by atoms with Crippen molar-refractivity contribution in [2.45, 2.75) is 44.7 Å². The third kappa shape index (κ3) is 11.6. The first-order valence-electron chi connectivity index (χ1n) is 17.0. The number of aromatic amines is 1. The average Bonchev–Trinajstić information content (AvgIpc) is 3.16. The Morgan fingerprint density at radius 3 is 2.17 bits per heavy atom. The summed E-state index contributed by atoms with van der Waals surface area (Å²) in [5, 5.41) is 21.8. The Morgan fingerprint density at radius 1 is 0.897 bits per heavy atom. The molecule has 0 saturated carbocycles. The second kappa shape index (κ2) is 18.4. The van der Waals surface area contributed by atoms with E-state index in [0.717, 1.165) is 38.9 Å². The largest absolute Gasteiger partial charge is 0.490 e. The van der Waals surface area contributed by atoms with Crippen LogP contribution in [0.4, 0.5) is 42.5 Å². The number of carbonyl (C=O) groups is 4. The van der Waals surface area contributed by atoms with Crippen LogP contribution in [0, 0.1) is 6.92 Å². The number of pyridine rings is 2. The number of anilines is 2. The van der Waals surface area contributed by atoms with Crippen molar-refractivity contribution in [2.75, 3.05) is 24.3 Å². The summed E-state index contributed by atoms with van der Waals surface area (Å²) in [7, 11) is 1.76. The third-order valence-corrected chi connectivity index (χ3v) is 8.52. The van der Waals surface area contributed by atoms with Crippen molar-refractivity contribution in [2.24, 2.45) is 0 Å². The highest BCUT2D eigenvalue weighted by Crippen LogP contribution is 2.31. The van der Waals surface area contributed by atoms with Gasteiger partial charge in [-0.2, -0.15) is 26.3 Å². The van der Waals surface area contributed by atoms with E-state index >= 15 is 0 Å². The zero-order valence-electron chi connectivity index (χ0n) is 30.7. The van der Waals surface area contributed by atoms with Crippen LogP contribution in [0.3, 0.4) is 0 Å². The van der Waals surface area contributed by atoms with Gasteiger partial charge in [0, 0.05) is 54.2 Å². The lowest BCUT2D eigenvalue weighted by atomic mass is 9.92. The van der Waals surface area contributed by atoms with E-state index in [1.165, 1.54) is 0 Å². The van der Waals surface area contributed by atoms with Crippen LogP contribution >= 0.6 is 0 Å². The highest BCUT2D eigenvalue weighted by atomic mass is 19.4. The number of fused-ring (bicyclic) bond motifs is 10. The predicted molar refractivity (Wildman–Crippen MR) is 199 cm³/mol. The summed E-state index contributed by atoms with van der Waals surface area (Å²) in [5.74, 6) is -5.74. The van der Waals surface area contributed by atoms with Crippen LogP contribution in [-0.2, 0) is 25.7 Å². The van der Waals surface area contributed by atoms with Crippen LogP contribution < -0.4 is 16.2 Å². The number of halogens is 6. The SMILES string of the molecule is Cc1cc2ccc1[C@@H](C)COC(=O)Nc1ccc(-c3ccccn3)c(c1)CN(C)C(=O)[C@@H]2Nc1ccc2cc[nH]c(=O)c2c1.O=C(O)C(F)(F)F.O=C(O)C(F)(F)F. The Labute approximate surface area is 325 Å². The summed E-state index contributed by atoms with van der Waals surface area (Å²) < 4.78 is 69.1. The molecule has 19 heteroatoms. The van der Waals surface area contributed by atoms with E-state index in [0.29, 0.717) is 16.8 Å². The zero-order valence-corrected chi connectivity index (χ0v) is 30.7. The first-order chi connectivity index (χ1) is 27.1. The molecule has 0 radical (unpaired) electrons. The van der Waals surface area contributed by atoms with Gasteiger partial charge < -0.3 is 30.2 Å². The number of carboxylic acid groups (broad SMARTS) is 2. The molecule has 2 amide bonds. The zero-order chi connectivity index (χ0) is 42.9. The lowest BCUT2D eigenvalue weighted by Crippen LogP contribution is -2.35. The molecule has 2 atom stereocenters. The maximum Gasteiger partial charge on any atom is 0.490 e. The Bertz CT molecular complexity index is 2330. The van der Waals surface area contributed by atoms with E-state index < -0.39 is 36.4 Å². The van der Waals surface area contributed by atoms with Crippen LogP contribution in [-0.4, -0.2) is 75.0 Å². The number of aliphatic carboxylic acids is 2. The number of benzene rings is 3. The minimum Gasteiger partial charge on any atom is -0.475 e. The number of nitrogens with zero attached hydrogens (tertiary/aromatic N) is 2. The summed E-state index contributed by atoms with van der Waals surface area (Å²) in [5.41, 5.74) is 6.19. The summed E-state index contributed by atoms with van der Waals surface area (Å²) in [6.07, 6.45) is -7.37. The number of aromatic nitrogens is 2. The number of H-pyrrole nitrogens is 1. The van der Waals surface area contributed by atoms with E-state index in [9.17, 15) is 40.7 Å². The van der Waals surface area contributed by atoms with Gasteiger partial charge in [-0.15, -0.1) is 0 Å². The first kappa shape index (κ1) is 43.8. The molecule has 0 unspecified atom stereocenters. The fraction of sp³-hybridized carbons (Fsp3) is 0.231. The van der Waals surface area contributed by atoms with E-state index in [4.69, 9.17) is 24.5 Å². The maximum absolute atomic E-state index is 14.3. The van der Waals surface area contributed by atoms with Gasteiger partial charge in [0.05, 0.1) is 12.3 Å². The number of ether oxygens (including phenoxy) is 1. The topological polar surface area (TPSA) is 191 Å². The van der Waals surface area contributed by atoms with Crippen molar-refractivity contribution >= 4 is 46.1 Å². The second-order valence-electron chi connectivity index (χ2n) is 12.8. The smallest absolute Gasteiger partial charge is 0.475 e. The number of rotatable bonds is 3. The van der Waals surface area contributed by atoms with Crippen LogP contribution in [0.25, 0.3) is 22.0 Å². The van der Waals surface area contributed by atoms with Crippen LogP contribution in [0.2, 0.25) is 0 Å². The third-order valence-electron chi connectivity index (χ3n) is 8.52. The van der Waals surface area contributed by atoms with Crippen molar-refractivity contribution in [1.82, 2.24) is 14.9 Å². The molecule has 2 aliphatic heterocycles. The number of aryl methyl sites for hydroxylation is 1. The molecule has 0 fully saturated rings. The molecule has 2 aliphatic rings. The Balaban J connectivity index is 0.000000456. The number of hydrogen-bond donors (Lipinski definition) is 5. The van der Waals surface area contributed by atoms with Crippen LogP contribution in [0.1, 0.15) is 41.1 Å². The van der Waals surface area contributed by atoms with Gasteiger partial charge in [0.15, 0.2) is 0 Å². The van der Waals surface area contributed by atoms with Gasteiger partial charge in [-0.25, -0.2) is 14.4 Å². The van der Waals surface area contributed by atoms with Gasteiger partial charge in [0.2, 0.25) is 5.91 Å². The van der Waals surface area contributed by atoms with Gasteiger partial charge in [-0.3, -0.25) is 19.9 Å². The lowest BCUT2D eigenvalue weighted by Gasteiger charge is -2.28. The molecule has 58 heavy (non-hydrogen) atoms. The molecule has 4 heterocycles. The highest BCUT2D eigenvalue weighted by molar-refractivity contribution is 5.89. The minimum atomic E-state index is -5.08. The van der Waals surface area contributed by atoms with E-state index in [-0.39, 0.29) is 30.5 Å². The van der Waals surface area contributed by atoms with Crippen molar-refractivity contribution in [3.63, 3.8) is 0 Å². The van der Waals surface area contributed by atoms with Crippen LogP contribution in [0.15, 0.2) is 96.1 Å².